The molecular weight excluding hydrogens is 298 g/mol. The number of aryl methyl sites for hydroxylation is 1. The van der Waals surface area contributed by atoms with Gasteiger partial charge in [0.2, 0.25) is 5.91 Å². The molecule has 1 rings (SSSR count). The predicted molar refractivity (Wildman–Crippen MR) is 72.4 cm³/mol. The Kier molecular flexibility index (Phi) is 4.51. The molecule has 0 atom stereocenters. The van der Waals surface area contributed by atoms with E-state index in [0.717, 1.165) is 15.6 Å². The number of carbonyl (C=O) groups is 2. The molecule has 0 saturated carbocycles. The summed E-state index contributed by atoms with van der Waals surface area (Å²) in [5.74, 6) is -1.36. The summed E-state index contributed by atoms with van der Waals surface area (Å²) >= 11 is 3.39. The average Bonchev–Trinajstić information content (AvgIpc) is 2.22. The lowest BCUT2D eigenvalue weighted by Crippen LogP contribution is -2.50. The minimum atomic E-state index is -1.25. The van der Waals surface area contributed by atoms with E-state index in [0.29, 0.717) is 0 Å². The summed E-state index contributed by atoms with van der Waals surface area (Å²) < 4.78 is 0.935. The Morgan fingerprint density at radius 2 is 2.00 bits per heavy atom. The molecule has 0 aromatic heterocycles. The van der Waals surface area contributed by atoms with Crippen molar-refractivity contribution in [2.75, 3.05) is 0 Å². The molecule has 1 amide bonds. The fraction of sp³-hybridized carbons (Fsp3) is 0.385. The van der Waals surface area contributed by atoms with E-state index < -0.39 is 11.5 Å². The molecule has 18 heavy (non-hydrogen) atoms. The van der Waals surface area contributed by atoms with Crippen LogP contribution in [0.1, 0.15) is 25.0 Å². The summed E-state index contributed by atoms with van der Waals surface area (Å²) in [4.78, 5) is 22.6. The van der Waals surface area contributed by atoms with Crippen molar-refractivity contribution in [3.8, 4) is 0 Å². The number of rotatable bonds is 4. The van der Waals surface area contributed by atoms with Gasteiger partial charge < -0.3 is 10.4 Å². The van der Waals surface area contributed by atoms with Gasteiger partial charge in [-0.15, -0.1) is 0 Å². The van der Waals surface area contributed by atoms with Crippen LogP contribution in [0.15, 0.2) is 22.7 Å². The van der Waals surface area contributed by atoms with Crippen LogP contribution < -0.4 is 5.32 Å². The standard InChI is InChI=1S/C13H16BrNO3/c1-8-4-5-9(6-10(8)14)7-11(16)15-13(2,3)12(17)18/h4-6H,7H2,1-3H3,(H,15,16)(H,17,18). The molecule has 5 heteroatoms. The summed E-state index contributed by atoms with van der Waals surface area (Å²) in [7, 11) is 0. The second-order valence-electron chi connectivity index (χ2n) is 4.74. The van der Waals surface area contributed by atoms with Crippen molar-refractivity contribution in [3.63, 3.8) is 0 Å². The normalized spacial score (nSPS) is 11.1. The lowest BCUT2D eigenvalue weighted by atomic mass is 10.0. The number of aliphatic carboxylic acids is 1. The van der Waals surface area contributed by atoms with E-state index in [1.54, 1.807) is 0 Å². The molecule has 0 heterocycles. The zero-order valence-corrected chi connectivity index (χ0v) is 12.2. The van der Waals surface area contributed by atoms with Gasteiger partial charge in [-0.2, -0.15) is 0 Å². The Balaban J connectivity index is 2.71. The summed E-state index contributed by atoms with van der Waals surface area (Å²) in [6.07, 6.45) is 0.162. The number of benzene rings is 1. The molecule has 0 aliphatic rings. The lowest BCUT2D eigenvalue weighted by Gasteiger charge is -2.21. The third-order valence-corrected chi connectivity index (χ3v) is 3.44. The second-order valence-corrected chi connectivity index (χ2v) is 5.59. The van der Waals surface area contributed by atoms with Crippen molar-refractivity contribution in [3.05, 3.63) is 33.8 Å². The highest BCUT2D eigenvalue weighted by Gasteiger charge is 2.28. The number of nitrogens with one attached hydrogen (secondary N) is 1. The van der Waals surface area contributed by atoms with Crippen molar-refractivity contribution in [2.45, 2.75) is 32.7 Å². The third-order valence-electron chi connectivity index (χ3n) is 2.59. The monoisotopic (exact) mass is 313 g/mol. The fourth-order valence-corrected chi connectivity index (χ4v) is 1.80. The number of hydrogen-bond acceptors (Lipinski definition) is 2. The number of carboxylic acids is 1. The first-order chi connectivity index (χ1) is 8.22. The maximum Gasteiger partial charge on any atom is 0.328 e. The van der Waals surface area contributed by atoms with Crippen LogP contribution in [-0.4, -0.2) is 22.5 Å². The van der Waals surface area contributed by atoms with Crippen molar-refractivity contribution in [2.24, 2.45) is 0 Å². The van der Waals surface area contributed by atoms with E-state index in [-0.39, 0.29) is 12.3 Å². The van der Waals surface area contributed by atoms with Gasteiger partial charge in [-0.1, -0.05) is 28.1 Å². The van der Waals surface area contributed by atoms with Crippen molar-refractivity contribution in [1.82, 2.24) is 5.32 Å². The fourth-order valence-electron chi connectivity index (χ4n) is 1.38. The minimum absolute atomic E-state index is 0.162. The minimum Gasteiger partial charge on any atom is -0.480 e. The van der Waals surface area contributed by atoms with Crippen LogP contribution in [0.3, 0.4) is 0 Å². The molecule has 0 unspecified atom stereocenters. The maximum atomic E-state index is 11.7. The number of hydrogen-bond donors (Lipinski definition) is 2. The molecule has 1 aromatic rings. The van der Waals surface area contributed by atoms with Gasteiger partial charge in [-0.25, -0.2) is 4.79 Å². The molecule has 0 fully saturated rings. The molecule has 1 aromatic carbocycles. The number of carbonyl (C=O) groups excluding carboxylic acids is 1. The van der Waals surface area contributed by atoms with Crippen LogP contribution in [0.25, 0.3) is 0 Å². The van der Waals surface area contributed by atoms with Gasteiger partial charge in [-0.3, -0.25) is 4.79 Å². The Morgan fingerprint density at radius 1 is 1.39 bits per heavy atom. The zero-order valence-electron chi connectivity index (χ0n) is 10.6. The second kappa shape index (κ2) is 5.52. The Labute approximate surface area is 115 Å². The molecule has 0 aliphatic heterocycles. The molecule has 0 saturated heterocycles. The van der Waals surface area contributed by atoms with Crippen LogP contribution in [0.5, 0.6) is 0 Å². The molecule has 0 radical (unpaired) electrons. The van der Waals surface area contributed by atoms with Crippen molar-refractivity contribution >= 4 is 27.8 Å². The van der Waals surface area contributed by atoms with E-state index in [4.69, 9.17) is 5.11 Å². The summed E-state index contributed by atoms with van der Waals surface area (Å²) in [5.41, 5.74) is 0.676. The summed E-state index contributed by atoms with van der Waals surface area (Å²) in [5, 5.41) is 11.4. The van der Waals surface area contributed by atoms with Crippen molar-refractivity contribution < 1.29 is 14.7 Å². The van der Waals surface area contributed by atoms with Gasteiger partial charge in [0.25, 0.3) is 0 Å². The third kappa shape index (κ3) is 3.84. The van der Waals surface area contributed by atoms with Crippen LogP contribution in [0, 0.1) is 6.92 Å². The Bertz CT molecular complexity index is 483. The summed E-state index contributed by atoms with van der Waals surface area (Å²) in [6, 6.07) is 5.63. The van der Waals surface area contributed by atoms with Gasteiger partial charge >= 0.3 is 5.97 Å². The Hall–Kier alpha value is -1.36. The SMILES string of the molecule is Cc1ccc(CC(=O)NC(C)(C)C(=O)O)cc1Br. The van der Waals surface area contributed by atoms with Crippen molar-refractivity contribution in [1.29, 1.82) is 0 Å². The van der Waals surface area contributed by atoms with Crippen LogP contribution >= 0.6 is 15.9 Å². The predicted octanol–water partition coefficient (Wildman–Crippen LogP) is 2.28. The highest BCUT2D eigenvalue weighted by molar-refractivity contribution is 9.10. The van der Waals surface area contributed by atoms with Crippen LogP contribution in [0.2, 0.25) is 0 Å². The molecule has 0 aliphatic carbocycles. The van der Waals surface area contributed by atoms with Gasteiger partial charge in [0.05, 0.1) is 6.42 Å². The van der Waals surface area contributed by atoms with Gasteiger partial charge in [0, 0.05) is 4.47 Å². The van der Waals surface area contributed by atoms with Gasteiger partial charge in [-0.05, 0) is 38.0 Å². The summed E-state index contributed by atoms with van der Waals surface area (Å²) in [6.45, 7) is 4.87. The smallest absolute Gasteiger partial charge is 0.328 e. The highest BCUT2D eigenvalue weighted by Crippen LogP contribution is 2.18. The number of carboxylic acid groups (broad SMARTS) is 1. The first kappa shape index (κ1) is 14.7. The molecule has 2 N–H and O–H groups in total. The topological polar surface area (TPSA) is 66.4 Å². The number of halogens is 1. The van der Waals surface area contributed by atoms with Crippen LogP contribution in [-0.2, 0) is 16.0 Å². The average molecular weight is 314 g/mol. The van der Waals surface area contributed by atoms with E-state index in [9.17, 15) is 9.59 Å². The van der Waals surface area contributed by atoms with Crippen LogP contribution in [0.4, 0.5) is 0 Å². The quantitative estimate of drug-likeness (QED) is 0.896. The first-order valence-corrected chi connectivity index (χ1v) is 6.31. The molecule has 98 valence electrons. The molecule has 0 spiro atoms. The van der Waals surface area contributed by atoms with Gasteiger partial charge in [0.15, 0.2) is 0 Å². The molecule has 4 nitrogen and oxygen atoms in total. The van der Waals surface area contributed by atoms with E-state index >= 15 is 0 Å². The van der Waals surface area contributed by atoms with E-state index in [1.807, 2.05) is 25.1 Å². The van der Waals surface area contributed by atoms with E-state index in [1.165, 1.54) is 13.8 Å². The first-order valence-electron chi connectivity index (χ1n) is 5.52. The molecular formula is C13H16BrNO3. The largest absolute Gasteiger partial charge is 0.480 e. The van der Waals surface area contributed by atoms with Gasteiger partial charge in [0.1, 0.15) is 5.54 Å². The highest BCUT2D eigenvalue weighted by atomic mass is 79.9. The molecule has 0 bridgehead atoms. The number of amides is 1. The Morgan fingerprint density at radius 3 is 2.50 bits per heavy atom. The lowest BCUT2D eigenvalue weighted by molar-refractivity contribution is -0.145. The zero-order chi connectivity index (χ0) is 13.9. The van der Waals surface area contributed by atoms with E-state index in [2.05, 4.69) is 21.2 Å². The maximum absolute atomic E-state index is 11.7.